The van der Waals surface area contributed by atoms with Crippen LogP contribution in [0.5, 0.6) is 0 Å². The first-order valence-electron chi connectivity index (χ1n) is 6.87. The number of aromatic nitrogens is 2. The maximum absolute atomic E-state index is 12.5. The van der Waals surface area contributed by atoms with E-state index in [0.717, 1.165) is 29.7 Å². The van der Waals surface area contributed by atoms with Crippen LogP contribution in [0.4, 0.5) is 0 Å². The highest BCUT2D eigenvalue weighted by molar-refractivity contribution is 6.16. The molecule has 1 heterocycles. The lowest BCUT2D eigenvalue weighted by atomic mass is 9.69. The van der Waals surface area contributed by atoms with Crippen LogP contribution in [0, 0.1) is 0 Å². The second kappa shape index (κ2) is 4.74. The van der Waals surface area contributed by atoms with Crippen molar-refractivity contribution in [3.63, 3.8) is 0 Å². The van der Waals surface area contributed by atoms with E-state index in [1.54, 1.807) is 0 Å². The molecule has 0 fully saturated rings. The molecular formula is C16H17ClN2O. The number of benzene rings is 1. The smallest absolute Gasteiger partial charge is 0.255 e. The minimum absolute atomic E-state index is 0.0514. The van der Waals surface area contributed by atoms with E-state index in [9.17, 15) is 4.79 Å². The zero-order valence-electron chi connectivity index (χ0n) is 11.7. The molecule has 0 saturated heterocycles. The van der Waals surface area contributed by atoms with Gasteiger partial charge >= 0.3 is 0 Å². The van der Waals surface area contributed by atoms with Gasteiger partial charge in [0, 0.05) is 16.5 Å². The highest BCUT2D eigenvalue weighted by Gasteiger charge is 2.37. The van der Waals surface area contributed by atoms with Gasteiger partial charge in [-0.1, -0.05) is 38.1 Å². The van der Waals surface area contributed by atoms with Crippen LogP contribution in [0.25, 0.3) is 11.3 Å². The van der Waals surface area contributed by atoms with Crippen molar-refractivity contribution in [3.05, 3.63) is 51.6 Å². The van der Waals surface area contributed by atoms with Gasteiger partial charge in [-0.25, -0.2) is 4.98 Å². The van der Waals surface area contributed by atoms with Crippen LogP contribution in [-0.4, -0.2) is 9.97 Å². The van der Waals surface area contributed by atoms with Crippen LogP contribution < -0.4 is 5.56 Å². The molecule has 104 valence electrons. The van der Waals surface area contributed by atoms with E-state index in [4.69, 9.17) is 11.6 Å². The zero-order chi connectivity index (χ0) is 14.3. The van der Waals surface area contributed by atoms with Gasteiger partial charge < -0.3 is 4.98 Å². The van der Waals surface area contributed by atoms with Gasteiger partial charge in [-0.15, -0.1) is 11.6 Å². The van der Waals surface area contributed by atoms with Crippen molar-refractivity contribution in [1.82, 2.24) is 9.97 Å². The number of nitrogens with one attached hydrogen (secondary N) is 1. The standard InChI is InChI=1S/C16H17ClN2O/c1-3-16(2)8-10-6-4-5-7-11(10)14-13(16)15(20)19-12(9-17)18-14/h4-7H,3,8-9H2,1-2H3,(H,18,19,20). The molecule has 3 nitrogen and oxygen atoms in total. The van der Waals surface area contributed by atoms with Crippen molar-refractivity contribution in [2.24, 2.45) is 0 Å². The van der Waals surface area contributed by atoms with Crippen LogP contribution in [-0.2, 0) is 17.7 Å². The third-order valence-corrected chi connectivity index (χ3v) is 4.59. The topological polar surface area (TPSA) is 45.8 Å². The predicted octanol–water partition coefficient (Wildman–Crippen LogP) is 3.40. The Labute approximate surface area is 123 Å². The highest BCUT2D eigenvalue weighted by Crippen LogP contribution is 2.42. The fourth-order valence-electron chi connectivity index (χ4n) is 3.05. The maximum atomic E-state index is 12.5. The third-order valence-electron chi connectivity index (χ3n) is 4.33. The molecule has 4 heteroatoms. The fourth-order valence-corrected chi connectivity index (χ4v) is 3.18. The lowest BCUT2D eigenvalue weighted by Crippen LogP contribution is -2.36. The second-order valence-corrected chi connectivity index (χ2v) is 5.89. The summed E-state index contributed by atoms with van der Waals surface area (Å²) in [7, 11) is 0. The highest BCUT2D eigenvalue weighted by atomic mass is 35.5. The molecule has 0 radical (unpaired) electrons. The lowest BCUT2D eigenvalue weighted by molar-refractivity contribution is 0.440. The summed E-state index contributed by atoms with van der Waals surface area (Å²) in [4.78, 5) is 19.9. The number of hydrogen-bond acceptors (Lipinski definition) is 2. The molecule has 20 heavy (non-hydrogen) atoms. The van der Waals surface area contributed by atoms with Gasteiger partial charge in [0.25, 0.3) is 5.56 Å². The van der Waals surface area contributed by atoms with Gasteiger partial charge in [0.2, 0.25) is 0 Å². The summed E-state index contributed by atoms with van der Waals surface area (Å²) in [6, 6.07) is 8.18. The molecule has 1 N–H and O–H groups in total. The molecule has 0 aliphatic heterocycles. The van der Waals surface area contributed by atoms with Gasteiger partial charge in [-0.2, -0.15) is 0 Å². The summed E-state index contributed by atoms with van der Waals surface area (Å²) < 4.78 is 0. The lowest BCUT2D eigenvalue weighted by Gasteiger charge is -2.34. The molecule has 0 spiro atoms. The summed E-state index contributed by atoms with van der Waals surface area (Å²) in [6.45, 7) is 4.26. The number of halogens is 1. The molecule has 2 aromatic rings. The Morgan fingerprint density at radius 1 is 1.40 bits per heavy atom. The van der Waals surface area contributed by atoms with E-state index >= 15 is 0 Å². The number of aromatic amines is 1. The van der Waals surface area contributed by atoms with Crippen molar-refractivity contribution in [3.8, 4) is 11.3 Å². The van der Waals surface area contributed by atoms with Crippen LogP contribution in [0.2, 0.25) is 0 Å². The van der Waals surface area contributed by atoms with Gasteiger partial charge in [0.15, 0.2) is 0 Å². The Balaban J connectivity index is 2.38. The van der Waals surface area contributed by atoms with Crippen molar-refractivity contribution in [1.29, 1.82) is 0 Å². The molecule has 1 unspecified atom stereocenters. The average molecular weight is 289 g/mol. The first kappa shape index (κ1) is 13.4. The molecule has 1 aliphatic carbocycles. The Bertz CT molecular complexity index is 723. The monoisotopic (exact) mass is 288 g/mol. The molecule has 1 aromatic heterocycles. The zero-order valence-corrected chi connectivity index (χ0v) is 12.4. The summed E-state index contributed by atoms with van der Waals surface area (Å²) in [5, 5.41) is 0. The van der Waals surface area contributed by atoms with E-state index in [0.29, 0.717) is 5.82 Å². The van der Waals surface area contributed by atoms with Crippen molar-refractivity contribution in [2.45, 2.75) is 38.0 Å². The van der Waals surface area contributed by atoms with Crippen molar-refractivity contribution in [2.75, 3.05) is 0 Å². The molecule has 0 amide bonds. The summed E-state index contributed by atoms with van der Waals surface area (Å²) >= 11 is 5.84. The Hall–Kier alpha value is -1.61. The molecule has 0 saturated carbocycles. The number of H-pyrrole nitrogens is 1. The first-order chi connectivity index (χ1) is 9.59. The van der Waals surface area contributed by atoms with Gasteiger partial charge in [0.1, 0.15) is 5.82 Å². The van der Waals surface area contributed by atoms with Crippen molar-refractivity contribution >= 4 is 11.6 Å². The SMILES string of the molecule is CCC1(C)Cc2ccccc2-c2nc(CCl)[nH]c(=O)c21. The normalized spacial score (nSPS) is 20.4. The molecule has 0 bridgehead atoms. The molecule has 1 aromatic carbocycles. The quantitative estimate of drug-likeness (QED) is 0.861. The summed E-state index contributed by atoms with van der Waals surface area (Å²) in [5.74, 6) is 0.749. The first-order valence-corrected chi connectivity index (χ1v) is 7.40. The van der Waals surface area contributed by atoms with Gasteiger partial charge in [-0.3, -0.25) is 4.79 Å². The van der Waals surface area contributed by atoms with Crippen LogP contribution >= 0.6 is 11.6 Å². The minimum atomic E-state index is -0.172. The van der Waals surface area contributed by atoms with Crippen LogP contribution in [0.3, 0.4) is 0 Å². The van der Waals surface area contributed by atoms with Crippen LogP contribution in [0.15, 0.2) is 29.1 Å². The van der Waals surface area contributed by atoms with Crippen LogP contribution in [0.1, 0.15) is 37.2 Å². The molecule has 1 aliphatic rings. The van der Waals surface area contributed by atoms with E-state index in [2.05, 4.69) is 29.9 Å². The number of nitrogens with zero attached hydrogens (tertiary/aromatic N) is 1. The average Bonchev–Trinajstić information content (AvgIpc) is 2.46. The molecular weight excluding hydrogens is 272 g/mol. The third kappa shape index (κ3) is 1.88. The molecule has 3 rings (SSSR count). The second-order valence-electron chi connectivity index (χ2n) is 5.62. The number of alkyl halides is 1. The molecule has 1 atom stereocenters. The van der Waals surface area contributed by atoms with E-state index in [1.165, 1.54) is 5.56 Å². The maximum Gasteiger partial charge on any atom is 0.255 e. The van der Waals surface area contributed by atoms with Gasteiger partial charge in [-0.05, 0) is 18.4 Å². The number of fused-ring (bicyclic) bond motifs is 3. The Morgan fingerprint density at radius 3 is 2.85 bits per heavy atom. The summed E-state index contributed by atoms with van der Waals surface area (Å²) in [5.41, 5.74) is 3.69. The van der Waals surface area contributed by atoms with Crippen molar-refractivity contribution < 1.29 is 0 Å². The largest absolute Gasteiger partial charge is 0.309 e. The number of rotatable bonds is 2. The summed E-state index contributed by atoms with van der Waals surface area (Å²) in [6.07, 6.45) is 1.77. The van der Waals surface area contributed by atoms with E-state index < -0.39 is 0 Å². The minimum Gasteiger partial charge on any atom is -0.309 e. The van der Waals surface area contributed by atoms with E-state index in [1.807, 2.05) is 18.2 Å². The Morgan fingerprint density at radius 2 is 2.15 bits per heavy atom. The van der Waals surface area contributed by atoms with Gasteiger partial charge in [0.05, 0.1) is 11.6 Å². The van der Waals surface area contributed by atoms with E-state index in [-0.39, 0.29) is 16.9 Å². The predicted molar refractivity (Wildman–Crippen MR) is 81.2 cm³/mol. The fraction of sp³-hybridized carbons (Fsp3) is 0.375. The Kier molecular flexibility index (Phi) is 3.17. The number of hydrogen-bond donors (Lipinski definition) is 1.